The molecule has 1 heterocycles. The maximum atomic E-state index is 12.7. The lowest BCUT2D eigenvalue weighted by Gasteiger charge is -2.20. The number of carbonyl (C=O) groups is 1. The average molecular weight is 388 g/mol. The molecule has 2 aromatic carbocycles. The Balaban J connectivity index is 1.69. The highest BCUT2D eigenvalue weighted by Gasteiger charge is 2.18. The van der Waals surface area contributed by atoms with Gasteiger partial charge in [0.2, 0.25) is 0 Å². The molecule has 0 bridgehead atoms. The SMILES string of the molecule is CC(C)(C)NC(=O)Nc1ccc(S(=O)(=O)Cc2ccc3c(c2)CNC3)cc1. The maximum Gasteiger partial charge on any atom is 0.319 e. The van der Waals surface area contributed by atoms with E-state index in [2.05, 4.69) is 16.0 Å². The highest BCUT2D eigenvalue weighted by atomic mass is 32.2. The Labute approximate surface area is 160 Å². The van der Waals surface area contributed by atoms with E-state index in [1.54, 1.807) is 12.1 Å². The summed E-state index contributed by atoms with van der Waals surface area (Å²) < 4.78 is 25.4. The van der Waals surface area contributed by atoms with Gasteiger partial charge in [0.1, 0.15) is 0 Å². The summed E-state index contributed by atoms with van der Waals surface area (Å²) in [6.07, 6.45) is 0. The summed E-state index contributed by atoms with van der Waals surface area (Å²) in [7, 11) is -3.45. The van der Waals surface area contributed by atoms with Crippen LogP contribution in [0.2, 0.25) is 0 Å². The van der Waals surface area contributed by atoms with Crippen LogP contribution < -0.4 is 16.0 Å². The molecule has 1 aliphatic heterocycles. The predicted octanol–water partition coefficient (Wildman–Crippen LogP) is 3.18. The first-order valence-electron chi connectivity index (χ1n) is 8.86. The van der Waals surface area contributed by atoms with Crippen molar-refractivity contribution in [1.29, 1.82) is 0 Å². The minimum absolute atomic E-state index is 0.0441. The Morgan fingerprint density at radius 2 is 1.70 bits per heavy atom. The van der Waals surface area contributed by atoms with Crippen molar-refractivity contribution in [3.63, 3.8) is 0 Å². The first kappa shape index (κ1) is 19.4. The van der Waals surface area contributed by atoms with E-state index in [1.165, 1.54) is 17.7 Å². The van der Waals surface area contributed by atoms with Crippen LogP contribution in [0.15, 0.2) is 47.4 Å². The molecule has 144 valence electrons. The molecule has 0 fully saturated rings. The minimum atomic E-state index is -3.45. The number of benzene rings is 2. The third-order valence-corrected chi connectivity index (χ3v) is 5.92. The standard InChI is InChI=1S/C20H25N3O3S/c1-20(2,3)23-19(24)22-17-6-8-18(9-7-17)27(25,26)13-14-4-5-15-11-21-12-16(15)10-14/h4-10,21H,11-13H2,1-3H3,(H2,22,23,24). The van der Waals surface area contributed by atoms with E-state index in [9.17, 15) is 13.2 Å². The minimum Gasteiger partial charge on any atom is -0.333 e. The summed E-state index contributed by atoms with van der Waals surface area (Å²) in [5.74, 6) is -0.0441. The molecular weight excluding hydrogens is 362 g/mol. The van der Waals surface area contributed by atoms with Gasteiger partial charge in [0.25, 0.3) is 0 Å². The molecule has 0 unspecified atom stereocenters. The lowest BCUT2D eigenvalue weighted by atomic mass is 10.1. The molecule has 2 amide bonds. The summed E-state index contributed by atoms with van der Waals surface area (Å²) in [5.41, 5.74) is 3.36. The smallest absolute Gasteiger partial charge is 0.319 e. The fourth-order valence-electron chi connectivity index (χ4n) is 2.99. The summed E-state index contributed by atoms with van der Waals surface area (Å²) in [4.78, 5) is 12.1. The van der Waals surface area contributed by atoms with E-state index in [1.807, 2.05) is 39.0 Å². The van der Waals surface area contributed by atoms with Crippen LogP contribution in [0.3, 0.4) is 0 Å². The van der Waals surface area contributed by atoms with Crippen LogP contribution in [0.4, 0.5) is 10.5 Å². The van der Waals surface area contributed by atoms with Gasteiger partial charge in [-0.05, 0) is 61.7 Å². The van der Waals surface area contributed by atoms with Crippen LogP contribution in [0.5, 0.6) is 0 Å². The van der Waals surface area contributed by atoms with Gasteiger partial charge >= 0.3 is 6.03 Å². The van der Waals surface area contributed by atoms with Gasteiger partial charge in [-0.3, -0.25) is 0 Å². The highest BCUT2D eigenvalue weighted by Crippen LogP contribution is 2.22. The van der Waals surface area contributed by atoms with Crippen LogP contribution in [-0.4, -0.2) is 20.0 Å². The summed E-state index contributed by atoms with van der Waals surface area (Å²) >= 11 is 0. The third kappa shape index (κ3) is 5.08. The first-order chi connectivity index (χ1) is 12.6. The monoisotopic (exact) mass is 387 g/mol. The second kappa shape index (κ2) is 7.32. The summed E-state index contributed by atoms with van der Waals surface area (Å²) in [6.45, 7) is 7.27. The van der Waals surface area contributed by atoms with E-state index in [0.717, 1.165) is 24.2 Å². The van der Waals surface area contributed by atoms with Gasteiger partial charge in [0.15, 0.2) is 9.84 Å². The number of anilines is 1. The molecule has 1 aliphatic rings. The van der Waals surface area contributed by atoms with Crippen LogP contribution in [-0.2, 0) is 28.7 Å². The molecule has 6 nitrogen and oxygen atoms in total. The molecule has 0 spiro atoms. The number of hydrogen-bond donors (Lipinski definition) is 3. The molecule has 2 aromatic rings. The van der Waals surface area contributed by atoms with E-state index < -0.39 is 9.84 Å². The van der Waals surface area contributed by atoms with Crippen molar-refractivity contribution < 1.29 is 13.2 Å². The summed E-state index contributed by atoms with van der Waals surface area (Å²) in [6, 6.07) is 11.7. The Morgan fingerprint density at radius 1 is 1.04 bits per heavy atom. The van der Waals surface area contributed by atoms with Gasteiger partial charge in [0, 0.05) is 24.3 Å². The van der Waals surface area contributed by atoms with Crippen molar-refractivity contribution in [2.24, 2.45) is 0 Å². The van der Waals surface area contributed by atoms with Crippen LogP contribution in [0.25, 0.3) is 0 Å². The van der Waals surface area contributed by atoms with Crippen molar-refractivity contribution >= 4 is 21.6 Å². The van der Waals surface area contributed by atoms with Gasteiger partial charge in [-0.25, -0.2) is 13.2 Å². The molecule has 0 aliphatic carbocycles. The first-order valence-corrected chi connectivity index (χ1v) is 10.5. The topological polar surface area (TPSA) is 87.3 Å². The molecule has 0 aromatic heterocycles. The second-order valence-corrected chi connectivity index (χ2v) is 9.81. The molecule has 0 radical (unpaired) electrons. The number of carbonyl (C=O) groups excluding carboxylic acids is 1. The highest BCUT2D eigenvalue weighted by molar-refractivity contribution is 7.90. The zero-order valence-corrected chi connectivity index (χ0v) is 16.6. The number of fused-ring (bicyclic) bond motifs is 1. The predicted molar refractivity (Wildman–Crippen MR) is 106 cm³/mol. The zero-order chi connectivity index (χ0) is 19.7. The molecule has 0 saturated carbocycles. The molecule has 3 rings (SSSR count). The Morgan fingerprint density at radius 3 is 2.37 bits per heavy atom. The second-order valence-electron chi connectivity index (χ2n) is 7.82. The van der Waals surface area contributed by atoms with Crippen LogP contribution in [0, 0.1) is 0 Å². The molecular formula is C20H25N3O3S. The summed E-state index contributed by atoms with van der Waals surface area (Å²) in [5, 5.41) is 8.75. The Hall–Kier alpha value is -2.38. The largest absolute Gasteiger partial charge is 0.333 e. The Bertz CT molecular complexity index is 945. The van der Waals surface area contributed by atoms with Gasteiger partial charge in [0.05, 0.1) is 10.6 Å². The van der Waals surface area contributed by atoms with Crippen molar-refractivity contribution in [2.45, 2.75) is 50.0 Å². The zero-order valence-electron chi connectivity index (χ0n) is 15.8. The van der Waals surface area contributed by atoms with Gasteiger partial charge in [-0.1, -0.05) is 18.2 Å². The lowest BCUT2D eigenvalue weighted by Crippen LogP contribution is -2.43. The third-order valence-electron chi connectivity index (χ3n) is 4.22. The fourth-order valence-corrected chi connectivity index (χ4v) is 4.33. The van der Waals surface area contributed by atoms with Crippen molar-refractivity contribution in [1.82, 2.24) is 10.6 Å². The van der Waals surface area contributed by atoms with E-state index in [0.29, 0.717) is 5.69 Å². The number of amides is 2. The molecule has 7 heteroatoms. The molecule has 3 N–H and O–H groups in total. The van der Waals surface area contributed by atoms with Crippen molar-refractivity contribution in [2.75, 3.05) is 5.32 Å². The maximum absolute atomic E-state index is 12.7. The van der Waals surface area contributed by atoms with Crippen molar-refractivity contribution in [3.8, 4) is 0 Å². The average Bonchev–Trinajstić information content (AvgIpc) is 3.00. The number of nitrogens with one attached hydrogen (secondary N) is 3. The van der Waals surface area contributed by atoms with E-state index in [-0.39, 0.29) is 22.2 Å². The van der Waals surface area contributed by atoms with E-state index >= 15 is 0 Å². The quantitative estimate of drug-likeness (QED) is 0.752. The number of sulfone groups is 1. The Kier molecular flexibility index (Phi) is 5.26. The fraction of sp³-hybridized carbons (Fsp3) is 0.350. The molecule has 27 heavy (non-hydrogen) atoms. The van der Waals surface area contributed by atoms with Crippen LogP contribution >= 0.6 is 0 Å². The number of urea groups is 1. The van der Waals surface area contributed by atoms with Gasteiger partial charge in [-0.15, -0.1) is 0 Å². The molecule has 0 saturated heterocycles. The van der Waals surface area contributed by atoms with Crippen molar-refractivity contribution in [3.05, 3.63) is 59.2 Å². The number of hydrogen-bond acceptors (Lipinski definition) is 4. The van der Waals surface area contributed by atoms with Crippen LogP contribution in [0.1, 0.15) is 37.5 Å². The number of rotatable bonds is 4. The molecule has 0 atom stereocenters. The van der Waals surface area contributed by atoms with Gasteiger partial charge in [-0.2, -0.15) is 0 Å². The normalized spacial score (nSPS) is 13.9. The van der Waals surface area contributed by atoms with E-state index in [4.69, 9.17) is 0 Å². The lowest BCUT2D eigenvalue weighted by molar-refractivity contribution is 0.244. The van der Waals surface area contributed by atoms with Gasteiger partial charge < -0.3 is 16.0 Å².